The molecule has 0 radical (unpaired) electrons. The number of hydrogen-bond acceptors (Lipinski definition) is 3. The summed E-state index contributed by atoms with van der Waals surface area (Å²) >= 11 is 0. The minimum Gasteiger partial charge on any atom is -0.273 e. The summed E-state index contributed by atoms with van der Waals surface area (Å²) in [6.07, 6.45) is 2.53. The molecule has 2 rings (SSSR count). The number of fused-ring (bicyclic) bond motifs is 1. The molecule has 0 aromatic carbocycles. The van der Waals surface area contributed by atoms with Crippen molar-refractivity contribution in [1.82, 2.24) is 9.66 Å². The summed E-state index contributed by atoms with van der Waals surface area (Å²) in [5.41, 5.74) is 3.50. The van der Waals surface area contributed by atoms with Gasteiger partial charge in [0.15, 0.2) is 5.65 Å². The van der Waals surface area contributed by atoms with E-state index in [1.165, 1.54) is 4.68 Å². The lowest BCUT2D eigenvalue weighted by Crippen LogP contribution is -2.35. The molecule has 0 aliphatic carbocycles. The van der Waals surface area contributed by atoms with Crippen LogP contribution in [0.25, 0.3) is 11.0 Å². The third-order valence-corrected chi connectivity index (χ3v) is 2.77. The smallest absolute Gasteiger partial charge is 0.273 e. The Morgan fingerprint density at radius 2 is 2.22 bits per heavy atom. The number of nitrogens with one attached hydrogen (secondary N) is 1. The van der Waals surface area contributed by atoms with Crippen molar-refractivity contribution in [1.29, 1.82) is 0 Å². The van der Waals surface area contributed by atoms with Crippen molar-refractivity contribution in [2.45, 2.75) is 26.7 Å². The molecule has 94 valence electrons. The molecule has 0 unspecified atom stereocenters. The van der Waals surface area contributed by atoms with Gasteiger partial charge in [-0.15, -0.1) is 0 Å². The van der Waals surface area contributed by atoms with E-state index in [2.05, 4.69) is 10.4 Å². The molecule has 5 nitrogen and oxygen atoms in total. The number of carbonyl (C=O) groups excluding carboxylic acids is 1. The van der Waals surface area contributed by atoms with Crippen LogP contribution in [0.4, 0.5) is 0 Å². The van der Waals surface area contributed by atoms with Gasteiger partial charge in [0.2, 0.25) is 5.91 Å². The number of carbonyl (C=O) groups is 1. The van der Waals surface area contributed by atoms with Crippen LogP contribution in [0.1, 0.15) is 25.8 Å². The quantitative estimate of drug-likeness (QED) is 0.889. The monoisotopic (exact) mass is 245 g/mol. The van der Waals surface area contributed by atoms with Crippen molar-refractivity contribution in [3.8, 4) is 0 Å². The summed E-state index contributed by atoms with van der Waals surface area (Å²) in [7, 11) is 0. The fourth-order valence-corrected chi connectivity index (χ4v) is 1.76. The third kappa shape index (κ3) is 2.11. The SMILES string of the molecule is CCC(=O)Nn1c(=O)c(CC)cc2cccnc21. The van der Waals surface area contributed by atoms with Gasteiger partial charge in [0, 0.05) is 23.6 Å². The van der Waals surface area contributed by atoms with E-state index in [9.17, 15) is 9.59 Å². The standard InChI is InChI=1S/C13H15N3O2/c1-3-9-8-10-6-5-7-14-12(10)16(13(9)18)15-11(17)4-2/h5-8H,3-4H2,1-2H3,(H,15,17). The van der Waals surface area contributed by atoms with E-state index in [0.717, 1.165) is 5.39 Å². The number of aromatic nitrogens is 2. The summed E-state index contributed by atoms with van der Waals surface area (Å²) < 4.78 is 1.24. The van der Waals surface area contributed by atoms with Crippen LogP contribution in [0.3, 0.4) is 0 Å². The highest BCUT2D eigenvalue weighted by Gasteiger charge is 2.10. The molecule has 18 heavy (non-hydrogen) atoms. The van der Waals surface area contributed by atoms with Crippen LogP contribution in [0, 0.1) is 0 Å². The van der Waals surface area contributed by atoms with Crippen molar-refractivity contribution in [3.05, 3.63) is 40.3 Å². The van der Waals surface area contributed by atoms with Crippen LogP contribution < -0.4 is 11.0 Å². The van der Waals surface area contributed by atoms with E-state index < -0.39 is 0 Å². The molecular formula is C13H15N3O2. The maximum atomic E-state index is 12.2. The summed E-state index contributed by atoms with van der Waals surface area (Å²) in [4.78, 5) is 27.8. The average molecular weight is 245 g/mol. The fraction of sp³-hybridized carbons (Fsp3) is 0.308. The minimum atomic E-state index is -0.217. The number of pyridine rings is 2. The molecule has 5 heteroatoms. The normalized spacial score (nSPS) is 10.6. The molecule has 0 bridgehead atoms. The Morgan fingerprint density at radius 1 is 1.44 bits per heavy atom. The third-order valence-electron chi connectivity index (χ3n) is 2.77. The van der Waals surface area contributed by atoms with Crippen LogP contribution in [0.2, 0.25) is 0 Å². The van der Waals surface area contributed by atoms with Crippen LogP contribution in [0.5, 0.6) is 0 Å². The lowest BCUT2D eigenvalue weighted by molar-refractivity contribution is -0.116. The first-order chi connectivity index (χ1) is 8.67. The van der Waals surface area contributed by atoms with Crippen LogP contribution >= 0.6 is 0 Å². The lowest BCUT2D eigenvalue weighted by atomic mass is 10.2. The molecule has 0 aliphatic heterocycles. The molecule has 0 saturated heterocycles. The second-order valence-electron chi connectivity index (χ2n) is 3.97. The molecule has 0 fully saturated rings. The largest absolute Gasteiger partial charge is 0.274 e. The highest BCUT2D eigenvalue weighted by atomic mass is 16.2. The van der Waals surface area contributed by atoms with Gasteiger partial charge in [0.25, 0.3) is 5.56 Å². The maximum absolute atomic E-state index is 12.2. The number of aryl methyl sites for hydroxylation is 1. The Kier molecular flexibility index (Phi) is 3.41. The zero-order valence-corrected chi connectivity index (χ0v) is 10.4. The molecule has 2 aromatic heterocycles. The first-order valence-corrected chi connectivity index (χ1v) is 5.96. The average Bonchev–Trinajstić information content (AvgIpc) is 2.41. The molecule has 1 amide bonds. The zero-order valence-electron chi connectivity index (χ0n) is 10.4. The zero-order chi connectivity index (χ0) is 13.1. The van der Waals surface area contributed by atoms with E-state index in [-0.39, 0.29) is 11.5 Å². The van der Waals surface area contributed by atoms with Gasteiger partial charge in [-0.2, -0.15) is 4.68 Å². The molecule has 2 aromatic rings. The first-order valence-electron chi connectivity index (χ1n) is 5.96. The molecule has 0 atom stereocenters. The number of hydrogen-bond donors (Lipinski definition) is 1. The van der Waals surface area contributed by atoms with Crippen molar-refractivity contribution >= 4 is 16.9 Å². The highest BCUT2D eigenvalue weighted by molar-refractivity contribution is 5.85. The lowest BCUT2D eigenvalue weighted by Gasteiger charge is -2.11. The van der Waals surface area contributed by atoms with Gasteiger partial charge in [0.05, 0.1) is 0 Å². The number of nitrogens with zero attached hydrogens (tertiary/aromatic N) is 2. The number of rotatable bonds is 3. The van der Waals surface area contributed by atoms with Crippen LogP contribution in [0.15, 0.2) is 29.2 Å². The first kappa shape index (κ1) is 12.3. The fourth-order valence-electron chi connectivity index (χ4n) is 1.76. The van der Waals surface area contributed by atoms with Crippen LogP contribution in [-0.2, 0) is 11.2 Å². The van der Waals surface area contributed by atoms with E-state index >= 15 is 0 Å². The molecule has 1 N–H and O–H groups in total. The Bertz CT molecular complexity index is 646. The van der Waals surface area contributed by atoms with Gasteiger partial charge in [-0.05, 0) is 24.6 Å². The van der Waals surface area contributed by atoms with Crippen molar-refractivity contribution in [3.63, 3.8) is 0 Å². The Morgan fingerprint density at radius 3 is 2.89 bits per heavy atom. The summed E-state index contributed by atoms with van der Waals surface area (Å²) in [6, 6.07) is 5.49. The summed E-state index contributed by atoms with van der Waals surface area (Å²) in [5, 5.41) is 0.838. The van der Waals surface area contributed by atoms with Gasteiger partial charge in [0.1, 0.15) is 0 Å². The molecule has 0 aliphatic rings. The van der Waals surface area contributed by atoms with Gasteiger partial charge in [-0.1, -0.05) is 13.8 Å². The van der Waals surface area contributed by atoms with E-state index in [0.29, 0.717) is 24.1 Å². The Labute approximate surface area is 104 Å². The molecular weight excluding hydrogens is 230 g/mol. The minimum absolute atomic E-state index is 0.211. The van der Waals surface area contributed by atoms with Crippen molar-refractivity contribution in [2.24, 2.45) is 0 Å². The predicted octanol–water partition coefficient (Wildman–Crippen LogP) is 1.44. The Hall–Kier alpha value is -2.17. The Balaban J connectivity index is 2.70. The number of amides is 1. The molecule has 0 saturated carbocycles. The maximum Gasteiger partial charge on any atom is 0.274 e. The van der Waals surface area contributed by atoms with Gasteiger partial charge in [-0.25, -0.2) is 4.98 Å². The topological polar surface area (TPSA) is 64.0 Å². The van der Waals surface area contributed by atoms with E-state index in [1.54, 1.807) is 19.2 Å². The molecule has 0 spiro atoms. The van der Waals surface area contributed by atoms with E-state index in [1.807, 2.05) is 19.1 Å². The van der Waals surface area contributed by atoms with Crippen LogP contribution in [-0.4, -0.2) is 15.6 Å². The predicted molar refractivity (Wildman–Crippen MR) is 70.0 cm³/mol. The van der Waals surface area contributed by atoms with Gasteiger partial charge in [-0.3, -0.25) is 15.0 Å². The molecule has 2 heterocycles. The van der Waals surface area contributed by atoms with E-state index in [4.69, 9.17) is 0 Å². The summed E-state index contributed by atoms with van der Waals surface area (Å²) in [5.74, 6) is -0.211. The second-order valence-corrected chi connectivity index (χ2v) is 3.97. The van der Waals surface area contributed by atoms with Gasteiger partial charge >= 0.3 is 0 Å². The highest BCUT2D eigenvalue weighted by Crippen LogP contribution is 2.10. The van der Waals surface area contributed by atoms with Crippen molar-refractivity contribution in [2.75, 3.05) is 5.43 Å². The second kappa shape index (κ2) is 5.00. The summed E-state index contributed by atoms with van der Waals surface area (Å²) in [6.45, 7) is 3.64. The van der Waals surface area contributed by atoms with Crippen molar-refractivity contribution < 1.29 is 4.79 Å². The van der Waals surface area contributed by atoms with Gasteiger partial charge < -0.3 is 0 Å².